The quantitative estimate of drug-likeness (QED) is 0.791. The van der Waals surface area contributed by atoms with E-state index in [-0.39, 0.29) is 0 Å². The van der Waals surface area contributed by atoms with Crippen LogP contribution in [0.2, 0.25) is 0 Å². The van der Waals surface area contributed by atoms with E-state index in [0.29, 0.717) is 13.2 Å². The first-order valence-electron chi connectivity index (χ1n) is 10.7. The second-order valence-electron chi connectivity index (χ2n) is 7.36. The normalized spacial score (nSPS) is 19.3. The Hall–Kier alpha value is -1.76. The van der Waals surface area contributed by atoms with Crippen LogP contribution in [0.1, 0.15) is 11.1 Å². The van der Waals surface area contributed by atoms with Gasteiger partial charge in [0.2, 0.25) is 0 Å². The largest absolute Gasteiger partial charge is 0.379 e. The van der Waals surface area contributed by atoms with Gasteiger partial charge in [0, 0.05) is 39.3 Å². The third kappa shape index (κ3) is 9.07. The standard InChI is InChI=1S/C24H34N2O3/c1-3-7-23(8-4-1)21-25-11-15-27-16-12-26(22-24-9-5-2-6-10-24)14-18-29-20-19-28-17-13-25/h1-10H,11-22H2. The van der Waals surface area contributed by atoms with Crippen LogP contribution in [0.3, 0.4) is 0 Å². The summed E-state index contributed by atoms with van der Waals surface area (Å²) in [7, 11) is 0. The third-order valence-corrected chi connectivity index (χ3v) is 5.08. The minimum absolute atomic E-state index is 0.647. The molecule has 2 aromatic rings. The number of hydrogen-bond donors (Lipinski definition) is 0. The van der Waals surface area contributed by atoms with Gasteiger partial charge in [-0.2, -0.15) is 0 Å². The predicted octanol–water partition coefficient (Wildman–Crippen LogP) is 3.05. The smallest absolute Gasteiger partial charge is 0.0701 e. The summed E-state index contributed by atoms with van der Waals surface area (Å²) in [6.45, 7) is 9.67. The first-order valence-corrected chi connectivity index (χ1v) is 10.7. The van der Waals surface area contributed by atoms with E-state index in [1.807, 2.05) is 0 Å². The fourth-order valence-corrected chi connectivity index (χ4v) is 3.42. The first-order chi connectivity index (χ1) is 14.4. The van der Waals surface area contributed by atoms with E-state index in [1.54, 1.807) is 0 Å². The van der Waals surface area contributed by atoms with Crippen LogP contribution in [-0.4, -0.2) is 75.6 Å². The van der Waals surface area contributed by atoms with Gasteiger partial charge in [0.25, 0.3) is 0 Å². The van der Waals surface area contributed by atoms with Crippen molar-refractivity contribution in [3.05, 3.63) is 71.8 Å². The average Bonchev–Trinajstić information content (AvgIpc) is 2.76. The molecule has 0 aliphatic carbocycles. The van der Waals surface area contributed by atoms with Gasteiger partial charge in [-0.25, -0.2) is 0 Å². The topological polar surface area (TPSA) is 34.2 Å². The monoisotopic (exact) mass is 398 g/mol. The molecule has 0 atom stereocenters. The van der Waals surface area contributed by atoms with Gasteiger partial charge in [-0.3, -0.25) is 9.80 Å². The molecule has 0 spiro atoms. The highest BCUT2D eigenvalue weighted by Gasteiger charge is 2.09. The maximum absolute atomic E-state index is 5.98. The van der Waals surface area contributed by atoms with Crippen molar-refractivity contribution in [1.29, 1.82) is 0 Å². The van der Waals surface area contributed by atoms with E-state index in [9.17, 15) is 0 Å². The van der Waals surface area contributed by atoms with E-state index < -0.39 is 0 Å². The van der Waals surface area contributed by atoms with Crippen molar-refractivity contribution in [3.8, 4) is 0 Å². The SMILES string of the molecule is c1ccc(CN2CCOCCOCCN(Cc3ccccc3)CCOCC2)cc1. The fraction of sp³-hybridized carbons (Fsp3) is 0.500. The Kier molecular flexibility index (Phi) is 10.2. The maximum Gasteiger partial charge on any atom is 0.0701 e. The number of nitrogens with zero attached hydrogens (tertiary/aromatic N) is 2. The highest BCUT2D eigenvalue weighted by Crippen LogP contribution is 2.06. The van der Waals surface area contributed by atoms with Crippen LogP contribution in [0.25, 0.3) is 0 Å². The minimum atomic E-state index is 0.647. The van der Waals surface area contributed by atoms with Crippen molar-refractivity contribution in [3.63, 3.8) is 0 Å². The second-order valence-corrected chi connectivity index (χ2v) is 7.36. The van der Waals surface area contributed by atoms with Crippen LogP contribution < -0.4 is 0 Å². The summed E-state index contributed by atoms with van der Waals surface area (Å²) in [6.07, 6.45) is 0. The number of hydrogen-bond acceptors (Lipinski definition) is 5. The molecule has 5 nitrogen and oxygen atoms in total. The molecule has 0 unspecified atom stereocenters. The summed E-state index contributed by atoms with van der Waals surface area (Å²) in [5.41, 5.74) is 2.64. The molecular formula is C24H34N2O3. The molecule has 1 fully saturated rings. The van der Waals surface area contributed by atoms with Crippen molar-refractivity contribution in [2.45, 2.75) is 13.1 Å². The first kappa shape index (κ1) is 21.9. The molecular weight excluding hydrogens is 364 g/mol. The van der Waals surface area contributed by atoms with Gasteiger partial charge in [0.05, 0.1) is 39.6 Å². The van der Waals surface area contributed by atoms with Crippen molar-refractivity contribution in [2.24, 2.45) is 0 Å². The molecule has 1 aliphatic rings. The highest BCUT2D eigenvalue weighted by molar-refractivity contribution is 5.15. The Morgan fingerprint density at radius 1 is 0.483 bits per heavy atom. The van der Waals surface area contributed by atoms with Gasteiger partial charge in [-0.15, -0.1) is 0 Å². The Balaban J connectivity index is 1.49. The van der Waals surface area contributed by atoms with Crippen LogP contribution >= 0.6 is 0 Å². The van der Waals surface area contributed by atoms with Crippen LogP contribution in [0.4, 0.5) is 0 Å². The molecule has 1 saturated heterocycles. The number of benzene rings is 2. The molecule has 2 aromatic carbocycles. The molecule has 0 aromatic heterocycles. The number of ether oxygens (including phenoxy) is 3. The minimum Gasteiger partial charge on any atom is -0.379 e. The molecule has 0 bridgehead atoms. The van der Waals surface area contributed by atoms with Gasteiger partial charge in [-0.05, 0) is 11.1 Å². The lowest BCUT2D eigenvalue weighted by molar-refractivity contribution is 0.0311. The maximum atomic E-state index is 5.98. The van der Waals surface area contributed by atoms with Crippen LogP contribution in [0.5, 0.6) is 0 Å². The summed E-state index contributed by atoms with van der Waals surface area (Å²) >= 11 is 0. The van der Waals surface area contributed by atoms with Gasteiger partial charge in [0.1, 0.15) is 0 Å². The van der Waals surface area contributed by atoms with Crippen molar-refractivity contribution < 1.29 is 14.2 Å². The molecule has 158 valence electrons. The molecule has 0 N–H and O–H groups in total. The Morgan fingerprint density at radius 2 is 0.828 bits per heavy atom. The van der Waals surface area contributed by atoms with Gasteiger partial charge in [0.15, 0.2) is 0 Å². The molecule has 0 radical (unpaired) electrons. The summed E-state index contributed by atoms with van der Waals surface area (Å²) in [5.74, 6) is 0. The molecule has 29 heavy (non-hydrogen) atoms. The molecule has 1 aliphatic heterocycles. The van der Waals surface area contributed by atoms with E-state index in [0.717, 1.165) is 65.7 Å². The Bertz CT molecular complexity index is 596. The lowest BCUT2D eigenvalue weighted by Crippen LogP contribution is -2.32. The lowest BCUT2D eigenvalue weighted by atomic mass is 10.2. The molecule has 3 rings (SSSR count). The lowest BCUT2D eigenvalue weighted by Gasteiger charge is -2.23. The molecule has 0 amide bonds. The zero-order valence-corrected chi connectivity index (χ0v) is 17.4. The van der Waals surface area contributed by atoms with E-state index >= 15 is 0 Å². The summed E-state index contributed by atoms with van der Waals surface area (Å²) in [4.78, 5) is 4.80. The van der Waals surface area contributed by atoms with E-state index in [4.69, 9.17) is 14.2 Å². The van der Waals surface area contributed by atoms with Gasteiger partial charge >= 0.3 is 0 Å². The van der Waals surface area contributed by atoms with Crippen LogP contribution in [-0.2, 0) is 27.3 Å². The highest BCUT2D eigenvalue weighted by atomic mass is 16.5. The summed E-state index contributed by atoms with van der Waals surface area (Å²) in [6, 6.07) is 21.2. The molecule has 0 saturated carbocycles. The van der Waals surface area contributed by atoms with Gasteiger partial charge in [-0.1, -0.05) is 60.7 Å². The predicted molar refractivity (Wildman–Crippen MR) is 116 cm³/mol. The zero-order chi connectivity index (χ0) is 20.0. The summed E-state index contributed by atoms with van der Waals surface area (Å²) < 4.78 is 17.5. The van der Waals surface area contributed by atoms with Gasteiger partial charge < -0.3 is 14.2 Å². The summed E-state index contributed by atoms with van der Waals surface area (Å²) in [5, 5.41) is 0. The van der Waals surface area contributed by atoms with Crippen molar-refractivity contribution >= 4 is 0 Å². The van der Waals surface area contributed by atoms with Crippen LogP contribution in [0, 0.1) is 0 Å². The second kappa shape index (κ2) is 13.5. The number of rotatable bonds is 4. The van der Waals surface area contributed by atoms with Crippen molar-refractivity contribution in [1.82, 2.24) is 9.80 Å². The van der Waals surface area contributed by atoms with E-state index in [1.165, 1.54) is 11.1 Å². The van der Waals surface area contributed by atoms with E-state index in [2.05, 4.69) is 70.5 Å². The molecule has 1 heterocycles. The fourth-order valence-electron chi connectivity index (χ4n) is 3.42. The van der Waals surface area contributed by atoms with Crippen LogP contribution in [0.15, 0.2) is 60.7 Å². The Labute approximate surface area is 175 Å². The molecule has 5 heteroatoms. The third-order valence-electron chi connectivity index (χ3n) is 5.08. The average molecular weight is 399 g/mol. The zero-order valence-electron chi connectivity index (χ0n) is 17.4. The van der Waals surface area contributed by atoms with Crippen molar-refractivity contribution in [2.75, 3.05) is 65.8 Å². The Morgan fingerprint density at radius 3 is 1.21 bits per heavy atom.